The van der Waals surface area contributed by atoms with Gasteiger partial charge in [0.1, 0.15) is 0 Å². The van der Waals surface area contributed by atoms with Gasteiger partial charge < -0.3 is 9.84 Å². The van der Waals surface area contributed by atoms with Gasteiger partial charge in [0.25, 0.3) is 0 Å². The summed E-state index contributed by atoms with van der Waals surface area (Å²) in [7, 11) is 1.59. The maximum absolute atomic E-state index is 12.7. The number of halogens is 3. The number of rotatable bonds is 7. The van der Waals surface area contributed by atoms with E-state index in [0.717, 1.165) is 12.1 Å². The zero-order chi connectivity index (χ0) is 16.0. The van der Waals surface area contributed by atoms with Crippen molar-refractivity contribution in [2.45, 2.75) is 32.2 Å². The van der Waals surface area contributed by atoms with Gasteiger partial charge in [0, 0.05) is 26.2 Å². The molecule has 0 aliphatic rings. The van der Waals surface area contributed by atoms with E-state index < -0.39 is 17.8 Å². The highest BCUT2D eigenvalue weighted by molar-refractivity contribution is 5.27. The molecule has 1 aromatic carbocycles. The van der Waals surface area contributed by atoms with Gasteiger partial charge in [0.2, 0.25) is 0 Å². The molecule has 0 aliphatic carbocycles. The Labute approximate surface area is 123 Å². The van der Waals surface area contributed by atoms with Crippen molar-refractivity contribution in [3.8, 4) is 0 Å². The monoisotopic (exact) mass is 305 g/mol. The lowest BCUT2D eigenvalue weighted by Crippen LogP contribution is -2.37. The van der Waals surface area contributed by atoms with Crippen LogP contribution < -0.4 is 0 Å². The van der Waals surface area contributed by atoms with Crippen LogP contribution in [0.15, 0.2) is 24.3 Å². The Kier molecular flexibility index (Phi) is 6.64. The van der Waals surface area contributed by atoms with Crippen molar-refractivity contribution in [3.63, 3.8) is 0 Å². The molecule has 21 heavy (non-hydrogen) atoms. The summed E-state index contributed by atoms with van der Waals surface area (Å²) >= 11 is 0. The molecule has 1 rings (SSSR count). The Morgan fingerprint density at radius 1 is 1.29 bits per heavy atom. The van der Waals surface area contributed by atoms with Crippen molar-refractivity contribution >= 4 is 0 Å². The van der Waals surface area contributed by atoms with Gasteiger partial charge in [-0.2, -0.15) is 13.2 Å². The number of aliphatic hydroxyl groups is 1. The fourth-order valence-electron chi connectivity index (χ4n) is 2.02. The molecule has 0 aromatic heterocycles. The first kappa shape index (κ1) is 17.9. The molecule has 1 atom stereocenters. The summed E-state index contributed by atoms with van der Waals surface area (Å²) < 4.78 is 43.0. The molecular weight excluding hydrogens is 283 g/mol. The second kappa shape index (κ2) is 7.77. The molecular formula is C15H22F3NO2. The van der Waals surface area contributed by atoms with Crippen molar-refractivity contribution < 1.29 is 23.0 Å². The molecule has 6 heteroatoms. The van der Waals surface area contributed by atoms with Crippen LogP contribution in [0, 0.1) is 0 Å². The molecule has 3 nitrogen and oxygen atoms in total. The van der Waals surface area contributed by atoms with Crippen molar-refractivity contribution in [1.29, 1.82) is 0 Å². The summed E-state index contributed by atoms with van der Waals surface area (Å²) in [5, 5.41) is 10.2. The highest BCUT2D eigenvalue weighted by atomic mass is 19.4. The average molecular weight is 305 g/mol. The second-order valence-corrected chi connectivity index (χ2v) is 5.22. The van der Waals surface area contributed by atoms with Crippen LogP contribution in [0.5, 0.6) is 0 Å². The molecule has 0 aliphatic heterocycles. The van der Waals surface area contributed by atoms with Crippen LogP contribution in [0.25, 0.3) is 0 Å². The van der Waals surface area contributed by atoms with E-state index in [-0.39, 0.29) is 18.2 Å². The van der Waals surface area contributed by atoms with Gasteiger partial charge in [-0.3, -0.25) is 4.90 Å². The number of ether oxygens (including phenoxy) is 1. The first-order valence-corrected chi connectivity index (χ1v) is 6.84. The molecule has 1 aromatic rings. The van der Waals surface area contributed by atoms with Gasteiger partial charge in [0.15, 0.2) is 0 Å². The maximum atomic E-state index is 12.7. The van der Waals surface area contributed by atoms with Crippen molar-refractivity contribution in [2.75, 3.05) is 26.8 Å². The van der Waals surface area contributed by atoms with Gasteiger partial charge in [-0.25, -0.2) is 0 Å². The van der Waals surface area contributed by atoms with Crippen LogP contribution in [0.3, 0.4) is 0 Å². The Balaban J connectivity index is 2.80. The van der Waals surface area contributed by atoms with Gasteiger partial charge in [-0.1, -0.05) is 12.1 Å². The number of aliphatic hydroxyl groups excluding tert-OH is 1. The summed E-state index contributed by atoms with van der Waals surface area (Å²) in [4.78, 5) is 1.97. The lowest BCUT2D eigenvalue weighted by Gasteiger charge is -2.28. The molecule has 0 saturated heterocycles. The second-order valence-electron chi connectivity index (χ2n) is 5.22. The summed E-state index contributed by atoms with van der Waals surface area (Å²) in [6, 6.07) is 4.99. The fourth-order valence-corrected chi connectivity index (χ4v) is 2.02. The summed E-state index contributed by atoms with van der Waals surface area (Å²) in [6.45, 7) is 5.32. The largest absolute Gasteiger partial charge is 0.416 e. The third kappa shape index (κ3) is 5.65. The lowest BCUT2D eigenvalue weighted by molar-refractivity contribution is -0.137. The van der Waals surface area contributed by atoms with E-state index in [1.807, 2.05) is 18.7 Å². The smallest absolute Gasteiger partial charge is 0.387 e. The highest BCUT2D eigenvalue weighted by Crippen LogP contribution is 2.30. The Bertz CT molecular complexity index is 435. The number of hydrogen-bond donors (Lipinski definition) is 1. The van der Waals surface area contributed by atoms with Crippen LogP contribution in [0.4, 0.5) is 13.2 Å². The molecule has 0 radical (unpaired) electrons. The van der Waals surface area contributed by atoms with Crippen molar-refractivity contribution in [1.82, 2.24) is 4.90 Å². The summed E-state index contributed by atoms with van der Waals surface area (Å²) in [5.41, 5.74) is -0.472. The minimum absolute atomic E-state index is 0.167. The van der Waals surface area contributed by atoms with E-state index in [4.69, 9.17) is 4.74 Å². The van der Waals surface area contributed by atoms with Gasteiger partial charge in [-0.15, -0.1) is 0 Å². The Morgan fingerprint density at radius 2 is 1.95 bits per heavy atom. The van der Waals surface area contributed by atoms with E-state index >= 15 is 0 Å². The first-order chi connectivity index (χ1) is 9.75. The van der Waals surface area contributed by atoms with Gasteiger partial charge in [0.05, 0.1) is 18.3 Å². The number of alkyl halides is 3. The fraction of sp³-hybridized carbons (Fsp3) is 0.600. The standard InChI is InChI=1S/C15H22F3NO2/c1-11(2)19(7-8-21-3)10-14(20)12-5-4-6-13(9-12)15(16,17)18/h4-6,9,11,14,20H,7-8,10H2,1-3H3. The first-order valence-electron chi connectivity index (χ1n) is 6.84. The van der Waals surface area contributed by atoms with E-state index in [9.17, 15) is 18.3 Å². The van der Waals surface area contributed by atoms with Crippen LogP contribution in [-0.4, -0.2) is 42.9 Å². The molecule has 1 N–H and O–H groups in total. The zero-order valence-corrected chi connectivity index (χ0v) is 12.5. The van der Waals surface area contributed by atoms with E-state index in [1.165, 1.54) is 12.1 Å². The number of nitrogens with zero attached hydrogens (tertiary/aromatic N) is 1. The number of benzene rings is 1. The normalized spacial score (nSPS) is 14.0. The highest BCUT2D eigenvalue weighted by Gasteiger charge is 2.31. The number of methoxy groups -OCH3 is 1. The minimum Gasteiger partial charge on any atom is -0.387 e. The average Bonchev–Trinajstić information content (AvgIpc) is 2.42. The molecule has 0 saturated carbocycles. The molecule has 0 spiro atoms. The maximum Gasteiger partial charge on any atom is 0.416 e. The van der Waals surface area contributed by atoms with E-state index in [2.05, 4.69) is 0 Å². The summed E-state index contributed by atoms with van der Waals surface area (Å²) in [6.07, 6.45) is -5.37. The third-order valence-corrected chi connectivity index (χ3v) is 3.32. The molecule has 0 fully saturated rings. The lowest BCUT2D eigenvalue weighted by atomic mass is 10.0. The molecule has 0 bridgehead atoms. The molecule has 0 amide bonds. The summed E-state index contributed by atoms with van der Waals surface area (Å²) in [5.74, 6) is 0. The molecule has 1 unspecified atom stereocenters. The predicted octanol–water partition coefficient (Wildman–Crippen LogP) is 3.10. The Morgan fingerprint density at radius 3 is 2.48 bits per heavy atom. The predicted molar refractivity (Wildman–Crippen MR) is 75.0 cm³/mol. The third-order valence-electron chi connectivity index (χ3n) is 3.32. The quantitative estimate of drug-likeness (QED) is 0.840. The molecule has 0 heterocycles. The van der Waals surface area contributed by atoms with Crippen LogP contribution in [0.1, 0.15) is 31.1 Å². The zero-order valence-electron chi connectivity index (χ0n) is 12.5. The van der Waals surface area contributed by atoms with Gasteiger partial charge in [-0.05, 0) is 31.5 Å². The number of hydrogen-bond acceptors (Lipinski definition) is 3. The van der Waals surface area contributed by atoms with Gasteiger partial charge >= 0.3 is 6.18 Å². The van der Waals surface area contributed by atoms with Crippen molar-refractivity contribution in [3.05, 3.63) is 35.4 Å². The van der Waals surface area contributed by atoms with E-state index in [1.54, 1.807) is 7.11 Å². The van der Waals surface area contributed by atoms with E-state index in [0.29, 0.717) is 13.2 Å². The van der Waals surface area contributed by atoms with Crippen molar-refractivity contribution in [2.24, 2.45) is 0 Å². The SMILES string of the molecule is COCCN(CC(O)c1cccc(C(F)(F)F)c1)C(C)C. The van der Waals surface area contributed by atoms with Crippen LogP contribution in [0.2, 0.25) is 0 Å². The topological polar surface area (TPSA) is 32.7 Å². The molecule has 120 valence electrons. The van der Waals surface area contributed by atoms with Crippen LogP contribution >= 0.6 is 0 Å². The van der Waals surface area contributed by atoms with Crippen LogP contribution in [-0.2, 0) is 10.9 Å². The minimum atomic E-state index is -4.40. The Hall–Kier alpha value is -1.11.